The Morgan fingerprint density at radius 1 is 0.945 bits per heavy atom. The molecule has 12 nitrogen and oxygen atoms in total. The van der Waals surface area contributed by atoms with Crippen molar-refractivity contribution < 1.29 is 32.3 Å². The van der Waals surface area contributed by atoms with E-state index >= 15 is 0 Å². The van der Waals surface area contributed by atoms with E-state index in [-0.39, 0.29) is 35.0 Å². The molecule has 13 heteroatoms. The van der Waals surface area contributed by atoms with Crippen molar-refractivity contribution in [3.8, 4) is 11.1 Å². The molecule has 1 aliphatic heterocycles. The number of amides is 3. The standard InChI is InChI=1S/C42H55N5O7S/c1-28-7-20-36(55(51,52)47-21-23-53-24-22-47)26-37(28)33-12-8-30(9-13-33)25-38(40(49)45-35-18-16-32(17-19-35)29(2)43-6)46-39(48)34-14-10-31(11-15-34)27-44-41(50)54-42(3,4)5/h7-9,12-13,16-20,26,31,34,38H,10-11,14-15,21-25,27H2,1-6H3,(H,44,50)(H,45,49)(H,46,48)/t31?,34?,38-/m0/s1. The molecular formula is C42H55N5O7S. The highest BCUT2D eigenvalue weighted by atomic mass is 32.2. The predicted molar refractivity (Wildman–Crippen MR) is 215 cm³/mol. The van der Waals surface area contributed by atoms with Crippen LogP contribution in [0.1, 0.15) is 70.1 Å². The summed E-state index contributed by atoms with van der Waals surface area (Å²) in [6.45, 7) is 11.2. The molecule has 1 saturated heterocycles. The summed E-state index contributed by atoms with van der Waals surface area (Å²) in [6.07, 6.45) is 2.64. The van der Waals surface area contributed by atoms with Gasteiger partial charge in [-0.3, -0.25) is 14.6 Å². The monoisotopic (exact) mass is 773 g/mol. The zero-order valence-corrected chi connectivity index (χ0v) is 33.6. The van der Waals surface area contributed by atoms with Gasteiger partial charge in [-0.1, -0.05) is 42.5 Å². The lowest BCUT2D eigenvalue weighted by atomic mass is 9.81. The van der Waals surface area contributed by atoms with Gasteiger partial charge in [0.05, 0.1) is 18.1 Å². The Balaban J connectivity index is 1.28. The van der Waals surface area contributed by atoms with Crippen LogP contribution in [0.3, 0.4) is 0 Å². The van der Waals surface area contributed by atoms with Gasteiger partial charge in [0, 0.05) is 50.4 Å². The third-order valence-electron chi connectivity index (χ3n) is 10.2. The second kappa shape index (κ2) is 18.4. The number of alkyl carbamates (subject to hydrolysis) is 1. The molecule has 3 N–H and O–H groups in total. The Hall–Kier alpha value is -4.59. The fourth-order valence-electron chi connectivity index (χ4n) is 6.89. The van der Waals surface area contributed by atoms with Gasteiger partial charge in [-0.15, -0.1) is 0 Å². The smallest absolute Gasteiger partial charge is 0.407 e. The maximum absolute atomic E-state index is 13.8. The molecular weight excluding hydrogens is 719 g/mol. The van der Waals surface area contributed by atoms with Gasteiger partial charge in [0.2, 0.25) is 21.8 Å². The fraction of sp³-hybridized carbons (Fsp3) is 0.476. The number of hydrogen-bond acceptors (Lipinski definition) is 8. The molecule has 2 fully saturated rings. The Kier molecular flexibility index (Phi) is 13.9. The van der Waals surface area contributed by atoms with Crippen LogP contribution in [0.4, 0.5) is 10.5 Å². The lowest BCUT2D eigenvalue weighted by molar-refractivity contribution is -0.130. The van der Waals surface area contributed by atoms with E-state index in [0.29, 0.717) is 51.4 Å². The highest BCUT2D eigenvalue weighted by molar-refractivity contribution is 7.89. The van der Waals surface area contributed by atoms with Crippen LogP contribution in [-0.4, -0.2) is 87.9 Å². The van der Waals surface area contributed by atoms with Crippen LogP contribution in [0.25, 0.3) is 11.1 Å². The van der Waals surface area contributed by atoms with Crippen LogP contribution in [0.2, 0.25) is 0 Å². The van der Waals surface area contributed by atoms with E-state index in [4.69, 9.17) is 9.47 Å². The lowest BCUT2D eigenvalue weighted by Crippen LogP contribution is -2.48. The van der Waals surface area contributed by atoms with Gasteiger partial charge in [-0.05, 0) is 118 Å². The second-order valence-electron chi connectivity index (χ2n) is 15.4. The zero-order valence-electron chi connectivity index (χ0n) is 32.8. The Morgan fingerprint density at radius 3 is 2.22 bits per heavy atom. The van der Waals surface area contributed by atoms with Crippen molar-refractivity contribution in [2.24, 2.45) is 16.8 Å². The number of morpholine rings is 1. The van der Waals surface area contributed by atoms with E-state index in [0.717, 1.165) is 46.4 Å². The molecule has 0 bridgehead atoms. The number of carbonyl (C=O) groups excluding carboxylic acids is 3. The first-order valence-corrected chi connectivity index (χ1v) is 20.5. The van der Waals surface area contributed by atoms with Crippen molar-refractivity contribution >= 4 is 39.3 Å². The molecule has 0 spiro atoms. The number of anilines is 1. The summed E-state index contributed by atoms with van der Waals surface area (Å²) in [5.74, 6) is -0.523. The maximum Gasteiger partial charge on any atom is 0.407 e. The summed E-state index contributed by atoms with van der Waals surface area (Å²) in [4.78, 5) is 44.1. The molecule has 3 aromatic rings. The quantitative estimate of drug-likeness (QED) is 0.188. The van der Waals surface area contributed by atoms with Gasteiger partial charge in [0.25, 0.3) is 0 Å². The number of aryl methyl sites for hydroxylation is 1. The largest absolute Gasteiger partial charge is 0.444 e. The van der Waals surface area contributed by atoms with Crippen molar-refractivity contribution in [2.45, 2.75) is 83.3 Å². The minimum Gasteiger partial charge on any atom is -0.444 e. The average molecular weight is 774 g/mol. The highest BCUT2D eigenvalue weighted by Crippen LogP contribution is 2.30. The number of nitrogens with zero attached hydrogens (tertiary/aromatic N) is 2. The zero-order chi connectivity index (χ0) is 39.8. The molecule has 0 unspecified atom stereocenters. The first-order valence-electron chi connectivity index (χ1n) is 19.0. The molecule has 1 atom stereocenters. The van der Waals surface area contributed by atoms with E-state index in [1.807, 2.05) is 89.2 Å². The van der Waals surface area contributed by atoms with Gasteiger partial charge >= 0.3 is 6.09 Å². The van der Waals surface area contributed by atoms with Gasteiger partial charge in [0.1, 0.15) is 11.6 Å². The van der Waals surface area contributed by atoms with Gasteiger partial charge in [0.15, 0.2) is 0 Å². The predicted octanol–water partition coefficient (Wildman–Crippen LogP) is 6.12. The molecule has 5 rings (SSSR count). The first kappa shape index (κ1) is 41.6. The minimum atomic E-state index is -3.67. The molecule has 296 valence electrons. The lowest BCUT2D eigenvalue weighted by Gasteiger charge is -2.29. The van der Waals surface area contributed by atoms with Gasteiger partial charge < -0.3 is 25.4 Å². The fourth-order valence-corrected chi connectivity index (χ4v) is 8.32. The molecule has 1 saturated carbocycles. The maximum atomic E-state index is 13.8. The number of aliphatic imine (C=N–C) groups is 1. The van der Waals surface area contributed by atoms with Crippen molar-refractivity contribution in [1.82, 2.24) is 14.9 Å². The van der Waals surface area contributed by atoms with Crippen molar-refractivity contribution in [2.75, 3.05) is 45.2 Å². The molecule has 1 heterocycles. The number of nitrogens with one attached hydrogen (secondary N) is 3. The normalized spacial score (nSPS) is 18.9. The van der Waals surface area contributed by atoms with Crippen LogP contribution in [0, 0.1) is 18.8 Å². The molecule has 1 aliphatic carbocycles. The summed E-state index contributed by atoms with van der Waals surface area (Å²) in [5, 5.41) is 8.89. The summed E-state index contributed by atoms with van der Waals surface area (Å²) in [5.41, 5.74) is 5.26. The van der Waals surface area contributed by atoms with Crippen molar-refractivity contribution in [1.29, 1.82) is 0 Å². The third-order valence-corrected chi connectivity index (χ3v) is 12.1. The number of rotatable bonds is 12. The number of hydrogen-bond donors (Lipinski definition) is 3. The van der Waals surface area contributed by atoms with E-state index in [1.165, 1.54) is 4.31 Å². The molecule has 0 aromatic heterocycles. The first-order chi connectivity index (χ1) is 26.1. The number of benzene rings is 3. The molecule has 2 aliphatic rings. The summed E-state index contributed by atoms with van der Waals surface area (Å²) in [7, 11) is -1.94. The Bertz CT molecular complexity index is 1940. The van der Waals surface area contributed by atoms with E-state index < -0.39 is 27.8 Å². The summed E-state index contributed by atoms with van der Waals surface area (Å²) < 4.78 is 39.0. The molecule has 0 radical (unpaired) electrons. The van der Waals surface area contributed by atoms with Crippen LogP contribution in [0.5, 0.6) is 0 Å². The van der Waals surface area contributed by atoms with Crippen LogP contribution >= 0.6 is 0 Å². The SMILES string of the molecule is CN=C(C)c1ccc(NC(=O)[C@H](Cc2ccc(-c3cc(S(=O)(=O)N4CCOCC4)ccc3C)cc2)NC(=O)C2CCC(CNC(=O)OC(C)(C)C)CC2)cc1. The number of carbonyl (C=O) groups is 3. The Morgan fingerprint density at radius 2 is 1.60 bits per heavy atom. The van der Waals surface area contributed by atoms with Gasteiger partial charge in [-0.2, -0.15) is 4.31 Å². The molecule has 3 aromatic carbocycles. The minimum absolute atomic E-state index is 0.172. The second-order valence-corrected chi connectivity index (χ2v) is 17.4. The van der Waals surface area contributed by atoms with Crippen LogP contribution < -0.4 is 16.0 Å². The average Bonchev–Trinajstić information content (AvgIpc) is 3.17. The molecule has 3 amide bonds. The van der Waals surface area contributed by atoms with Crippen LogP contribution in [0.15, 0.2) is 76.6 Å². The number of ether oxygens (including phenoxy) is 2. The summed E-state index contributed by atoms with van der Waals surface area (Å²) >= 11 is 0. The van der Waals surface area contributed by atoms with Crippen molar-refractivity contribution in [3.63, 3.8) is 0 Å². The van der Waals surface area contributed by atoms with Crippen molar-refractivity contribution in [3.05, 3.63) is 83.4 Å². The third kappa shape index (κ3) is 11.5. The van der Waals surface area contributed by atoms with E-state index in [1.54, 1.807) is 19.2 Å². The Labute approximate surface area is 325 Å². The molecule has 55 heavy (non-hydrogen) atoms. The number of sulfonamides is 1. The topological polar surface area (TPSA) is 155 Å². The van der Waals surface area contributed by atoms with Crippen LogP contribution in [-0.2, 0) is 35.5 Å². The van der Waals surface area contributed by atoms with E-state index in [9.17, 15) is 22.8 Å². The van der Waals surface area contributed by atoms with E-state index in [2.05, 4.69) is 20.9 Å². The summed E-state index contributed by atoms with van der Waals surface area (Å²) in [6, 6.07) is 19.4. The highest BCUT2D eigenvalue weighted by Gasteiger charge is 2.31. The van der Waals surface area contributed by atoms with Gasteiger partial charge in [-0.25, -0.2) is 13.2 Å².